The molecule has 0 unspecified atom stereocenters. The molecule has 0 atom stereocenters. The van der Waals surface area contributed by atoms with E-state index >= 15 is 0 Å². The molecule has 2 aromatic carbocycles. The van der Waals surface area contributed by atoms with Crippen LogP contribution >= 0.6 is 0 Å². The number of benzene rings is 2. The van der Waals surface area contributed by atoms with Crippen molar-refractivity contribution in [2.75, 3.05) is 44.8 Å². The summed E-state index contributed by atoms with van der Waals surface area (Å²) >= 11 is 0. The summed E-state index contributed by atoms with van der Waals surface area (Å²) < 4.78 is 54.7. The van der Waals surface area contributed by atoms with E-state index in [-0.39, 0.29) is 24.9 Å². The number of nitrogens with zero attached hydrogens (tertiary/aromatic N) is 4. The smallest absolute Gasteiger partial charge is 0.416 e. The number of nitrogens with one attached hydrogen (secondary N) is 3. The van der Waals surface area contributed by atoms with Crippen LogP contribution in [-0.2, 0) is 27.4 Å². The lowest BCUT2D eigenvalue weighted by molar-refractivity contribution is -0.137. The fraction of sp³-hybridized carbons (Fsp3) is 0.444. The molecule has 3 aromatic rings. The lowest BCUT2D eigenvalue weighted by atomic mass is 10.1. The van der Waals surface area contributed by atoms with Crippen molar-refractivity contribution in [3.05, 3.63) is 53.6 Å². The van der Waals surface area contributed by atoms with Gasteiger partial charge in [-0.05, 0) is 68.4 Å². The molecule has 0 spiro atoms. The number of halogens is 3. The number of rotatable bonds is 13. The zero-order chi connectivity index (χ0) is 30.8. The fourth-order valence-electron chi connectivity index (χ4n) is 3.47. The average molecular weight is 594 g/mol. The number of tetrazole rings is 1. The number of carbonyl (C=O) groups is 2. The van der Waals surface area contributed by atoms with Crippen LogP contribution in [0, 0.1) is 0 Å². The number of carbonyl (C=O) groups excluding carboxylic acids is 2. The molecule has 1 heterocycles. The van der Waals surface area contributed by atoms with Gasteiger partial charge in [-0.2, -0.15) is 18.0 Å². The summed E-state index contributed by atoms with van der Waals surface area (Å²) in [5, 5.41) is 20.4. The molecule has 228 valence electrons. The Labute approximate surface area is 240 Å². The lowest BCUT2D eigenvalue weighted by Crippen LogP contribution is -2.34. The van der Waals surface area contributed by atoms with Gasteiger partial charge in [0.15, 0.2) is 0 Å². The number of hydrogen-bond acceptors (Lipinski definition) is 9. The summed E-state index contributed by atoms with van der Waals surface area (Å²) in [4.78, 5) is 25.6. The summed E-state index contributed by atoms with van der Waals surface area (Å²) in [6.07, 6.45) is -4.95. The molecule has 2 amide bonds. The van der Waals surface area contributed by atoms with Crippen molar-refractivity contribution < 1.29 is 37.0 Å². The summed E-state index contributed by atoms with van der Waals surface area (Å²) in [6.45, 7) is 7.03. The van der Waals surface area contributed by atoms with E-state index in [2.05, 4.69) is 31.4 Å². The van der Waals surface area contributed by atoms with Crippen molar-refractivity contribution in [3.63, 3.8) is 0 Å². The minimum absolute atomic E-state index is 0.228. The Bertz CT molecular complexity index is 1320. The van der Waals surface area contributed by atoms with Gasteiger partial charge in [0.2, 0.25) is 5.82 Å². The van der Waals surface area contributed by atoms with E-state index in [9.17, 15) is 22.8 Å². The van der Waals surface area contributed by atoms with E-state index in [0.29, 0.717) is 48.9 Å². The SMILES string of the molecule is Cn1nnc(-c2cc(C(=O)NCCOCCOCCNC(=O)OC(C)(C)C)ccc2Nc2ccc(C(F)(F)F)cc2)n1. The second-order valence-corrected chi connectivity index (χ2v) is 9.97. The van der Waals surface area contributed by atoms with Crippen LogP contribution in [0.2, 0.25) is 0 Å². The molecular formula is C27H34F3N7O5. The van der Waals surface area contributed by atoms with Gasteiger partial charge in [0.05, 0.1) is 39.0 Å². The Balaban J connectivity index is 1.46. The summed E-state index contributed by atoms with van der Waals surface area (Å²) in [6, 6.07) is 9.32. The quantitative estimate of drug-likeness (QED) is 0.251. The van der Waals surface area contributed by atoms with Crippen LogP contribution in [-0.4, -0.2) is 77.3 Å². The number of amides is 2. The number of ether oxygens (including phenoxy) is 3. The maximum atomic E-state index is 12.9. The normalized spacial score (nSPS) is 11.7. The minimum Gasteiger partial charge on any atom is -0.444 e. The van der Waals surface area contributed by atoms with Crippen molar-refractivity contribution in [2.45, 2.75) is 32.5 Å². The van der Waals surface area contributed by atoms with Crippen molar-refractivity contribution in [3.8, 4) is 11.4 Å². The van der Waals surface area contributed by atoms with Crippen LogP contribution in [0.4, 0.5) is 29.3 Å². The minimum atomic E-state index is -4.44. The lowest BCUT2D eigenvalue weighted by Gasteiger charge is -2.19. The predicted molar refractivity (Wildman–Crippen MR) is 147 cm³/mol. The molecule has 0 radical (unpaired) electrons. The van der Waals surface area contributed by atoms with Gasteiger partial charge in [-0.15, -0.1) is 10.2 Å². The molecule has 0 saturated heterocycles. The Morgan fingerprint density at radius 2 is 1.55 bits per heavy atom. The zero-order valence-electron chi connectivity index (χ0n) is 23.7. The highest BCUT2D eigenvalue weighted by Gasteiger charge is 2.30. The molecule has 3 rings (SSSR count). The van der Waals surface area contributed by atoms with Crippen molar-refractivity contribution in [2.24, 2.45) is 7.05 Å². The molecule has 15 heteroatoms. The molecule has 0 bridgehead atoms. The first-order valence-corrected chi connectivity index (χ1v) is 13.0. The Kier molecular flexibility index (Phi) is 11.2. The largest absolute Gasteiger partial charge is 0.444 e. The second-order valence-electron chi connectivity index (χ2n) is 9.97. The molecule has 0 saturated carbocycles. The maximum Gasteiger partial charge on any atom is 0.416 e. The number of alkyl halides is 3. The summed E-state index contributed by atoms with van der Waals surface area (Å²) in [7, 11) is 1.59. The summed E-state index contributed by atoms with van der Waals surface area (Å²) in [5.74, 6) is -0.138. The first-order chi connectivity index (χ1) is 19.8. The predicted octanol–water partition coefficient (Wildman–Crippen LogP) is 3.93. The third-order valence-electron chi connectivity index (χ3n) is 5.34. The monoisotopic (exact) mass is 593 g/mol. The third kappa shape index (κ3) is 10.6. The number of anilines is 2. The Morgan fingerprint density at radius 1 is 0.905 bits per heavy atom. The van der Waals surface area contributed by atoms with Gasteiger partial charge in [-0.3, -0.25) is 4.79 Å². The molecular weight excluding hydrogens is 559 g/mol. The molecule has 0 aliphatic carbocycles. The van der Waals surface area contributed by atoms with Gasteiger partial charge in [0.25, 0.3) is 5.91 Å². The van der Waals surface area contributed by atoms with Crippen molar-refractivity contribution in [1.29, 1.82) is 0 Å². The molecule has 42 heavy (non-hydrogen) atoms. The van der Waals surface area contributed by atoms with Gasteiger partial charge < -0.3 is 30.2 Å². The average Bonchev–Trinajstić information content (AvgIpc) is 3.34. The second kappa shape index (κ2) is 14.6. The van der Waals surface area contributed by atoms with Crippen molar-refractivity contribution >= 4 is 23.4 Å². The highest BCUT2D eigenvalue weighted by molar-refractivity contribution is 5.97. The number of aromatic nitrogens is 4. The van der Waals surface area contributed by atoms with Crippen LogP contribution < -0.4 is 16.0 Å². The standard InChI is InChI=1S/C27H34F3N7O5/c1-26(2,3)42-25(39)32-12-14-41-16-15-40-13-11-31-24(38)18-5-10-22(21(17-18)23-34-36-37(4)35-23)33-20-8-6-19(7-9-20)27(28,29)30/h5-10,17,33H,11-16H2,1-4H3,(H,31,38)(H,32,39). The van der Waals surface area contributed by atoms with Crippen LogP contribution in [0.3, 0.4) is 0 Å². The molecule has 0 aliphatic rings. The molecule has 3 N–H and O–H groups in total. The molecule has 0 aliphatic heterocycles. The Morgan fingerprint density at radius 3 is 2.12 bits per heavy atom. The number of alkyl carbamates (subject to hydrolysis) is 1. The fourth-order valence-corrected chi connectivity index (χ4v) is 3.47. The van der Waals surface area contributed by atoms with E-state index in [1.54, 1.807) is 46.0 Å². The Hall–Kier alpha value is -4.24. The number of hydrogen-bond donors (Lipinski definition) is 3. The van der Waals surface area contributed by atoms with Crippen LogP contribution in [0.25, 0.3) is 11.4 Å². The highest BCUT2D eigenvalue weighted by atomic mass is 19.4. The van der Waals surface area contributed by atoms with E-state index in [4.69, 9.17) is 14.2 Å². The maximum absolute atomic E-state index is 12.9. The third-order valence-corrected chi connectivity index (χ3v) is 5.34. The van der Waals surface area contributed by atoms with Gasteiger partial charge >= 0.3 is 12.3 Å². The highest BCUT2D eigenvalue weighted by Crippen LogP contribution is 2.32. The van der Waals surface area contributed by atoms with E-state index < -0.39 is 23.4 Å². The van der Waals surface area contributed by atoms with Gasteiger partial charge in [-0.1, -0.05) is 0 Å². The van der Waals surface area contributed by atoms with E-state index in [1.807, 2.05) is 0 Å². The molecule has 0 fully saturated rings. The summed E-state index contributed by atoms with van der Waals surface area (Å²) in [5.41, 5.74) is 0.305. The van der Waals surface area contributed by atoms with Gasteiger partial charge in [0.1, 0.15) is 5.60 Å². The van der Waals surface area contributed by atoms with Crippen LogP contribution in [0.15, 0.2) is 42.5 Å². The first-order valence-electron chi connectivity index (χ1n) is 13.0. The van der Waals surface area contributed by atoms with Crippen molar-refractivity contribution in [1.82, 2.24) is 30.8 Å². The van der Waals surface area contributed by atoms with Crippen LogP contribution in [0.1, 0.15) is 36.7 Å². The number of aryl methyl sites for hydroxylation is 1. The first kappa shape index (κ1) is 32.3. The van der Waals surface area contributed by atoms with Crippen LogP contribution in [0.5, 0.6) is 0 Å². The zero-order valence-corrected chi connectivity index (χ0v) is 23.7. The molecule has 12 nitrogen and oxygen atoms in total. The molecule has 1 aromatic heterocycles. The van der Waals surface area contributed by atoms with Gasteiger partial charge in [-0.25, -0.2) is 4.79 Å². The van der Waals surface area contributed by atoms with E-state index in [0.717, 1.165) is 12.1 Å². The topological polar surface area (TPSA) is 142 Å². The van der Waals surface area contributed by atoms with E-state index in [1.165, 1.54) is 16.9 Å². The van der Waals surface area contributed by atoms with Gasteiger partial charge in [0, 0.05) is 35.6 Å².